The second kappa shape index (κ2) is 7.22. The molecule has 1 aromatic carbocycles. The van der Waals surface area contributed by atoms with Crippen LogP contribution in [0.3, 0.4) is 0 Å². The predicted octanol–water partition coefficient (Wildman–Crippen LogP) is 0.656. The average molecular weight is 294 g/mol. The van der Waals surface area contributed by atoms with E-state index >= 15 is 0 Å². The Morgan fingerprint density at radius 1 is 1.43 bits per heavy atom. The Kier molecular flexibility index (Phi) is 5.65. The number of hydrogen-bond acceptors (Lipinski definition) is 5. The number of rotatable bonds is 7. The van der Waals surface area contributed by atoms with Gasteiger partial charge in [-0.1, -0.05) is 6.92 Å². The monoisotopic (exact) mass is 294 g/mol. The number of nitrogens with two attached hydrogens (primary N) is 1. The molecule has 0 saturated heterocycles. The van der Waals surface area contributed by atoms with Crippen molar-refractivity contribution in [2.75, 3.05) is 25.0 Å². The second-order valence-corrected chi connectivity index (χ2v) is 4.53. The molecule has 8 heteroatoms. The van der Waals surface area contributed by atoms with E-state index in [0.29, 0.717) is 6.54 Å². The smallest absolute Gasteiger partial charge is 0.293 e. The van der Waals surface area contributed by atoms with Crippen molar-refractivity contribution in [1.82, 2.24) is 5.32 Å². The highest BCUT2D eigenvalue weighted by molar-refractivity contribution is 5.94. The van der Waals surface area contributed by atoms with Gasteiger partial charge in [-0.3, -0.25) is 19.7 Å². The first kappa shape index (κ1) is 16.4. The lowest BCUT2D eigenvalue weighted by Crippen LogP contribution is -2.35. The number of carbonyl (C=O) groups excluding carboxylic acids is 2. The van der Waals surface area contributed by atoms with Crippen LogP contribution >= 0.6 is 0 Å². The molecule has 114 valence electrons. The number of nitro groups is 1. The molecule has 0 fully saturated rings. The van der Waals surface area contributed by atoms with Crippen molar-refractivity contribution >= 4 is 23.2 Å². The first-order valence-electron chi connectivity index (χ1n) is 6.42. The molecule has 0 aliphatic rings. The topological polar surface area (TPSA) is 119 Å². The maximum atomic E-state index is 11.6. The van der Waals surface area contributed by atoms with Crippen molar-refractivity contribution < 1.29 is 14.5 Å². The van der Waals surface area contributed by atoms with E-state index < -0.39 is 10.8 Å². The fourth-order valence-corrected chi connectivity index (χ4v) is 1.77. The first-order chi connectivity index (χ1) is 9.86. The molecule has 21 heavy (non-hydrogen) atoms. The third kappa shape index (κ3) is 4.44. The Morgan fingerprint density at radius 2 is 2.10 bits per heavy atom. The number of carbonyl (C=O) groups is 2. The summed E-state index contributed by atoms with van der Waals surface area (Å²) in [6.07, 6.45) is 0.808. The molecule has 2 amide bonds. The molecular weight excluding hydrogens is 276 g/mol. The fourth-order valence-electron chi connectivity index (χ4n) is 1.77. The Labute approximate surface area is 122 Å². The van der Waals surface area contributed by atoms with Gasteiger partial charge in [0.15, 0.2) is 0 Å². The Balaban J connectivity index is 2.98. The molecule has 1 rings (SSSR count). The number of nitrogens with zero attached hydrogens (tertiary/aromatic N) is 2. The summed E-state index contributed by atoms with van der Waals surface area (Å²) in [5.41, 5.74) is 5.14. The van der Waals surface area contributed by atoms with Gasteiger partial charge in [0, 0.05) is 25.2 Å². The number of nitro benzene ring substituents is 1. The van der Waals surface area contributed by atoms with Gasteiger partial charge >= 0.3 is 0 Å². The van der Waals surface area contributed by atoms with E-state index in [1.807, 2.05) is 6.92 Å². The SMILES string of the molecule is CCCNC(=O)CN(C)c1ccc(C(N)=O)cc1[N+](=O)[O-]. The summed E-state index contributed by atoms with van der Waals surface area (Å²) in [7, 11) is 1.57. The van der Waals surface area contributed by atoms with Crippen LogP contribution < -0.4 is 16.0 Å². The average Bonchev–Trinajstić information content (AvgIpc) is 2.44. The number of primary amides is 1. The van der Waals surface area contributed by atoms with Crippen molar-refractivity contribution in [3.8, 4) is 0 Å². The van der Waals surface area contributed by atoms with Crippen LogP contribution in [0, 0.1) is 10.1 Å². The zero-order valence-electron chi connectivity index (χ0n) is 12.0. The van der Waals surface area contributed by atoms with Crippen molar-refractivity contribution in [2.24, 2.45) is 5.73 Å². The van der Waals surface area contributed by atoms with Crippen LogP contribution in [0.25, 0.3) is 0 Å². The van der Waals surface area contributed by atoms with Gasteiger partial charge < -0.3 is 16.0 Å². The first-order valence-corrected chi connectivity index (χ1v) is 6.42. The minimum Gasteiger partial charge on any atom is -0.366 e. The molecule has 0 unspecified atom stereocenters. The molecule has 8 nitrogen and oxygen atoms in total. The van der Waals surface area contributed by atoms with Gasteiger partial charge in [0.25, 0.3) is 5.69 Å². The summed E-state index contributed by atoms with van der Waals surface area (Å²) in [5.74, 6) is -0.972. The van der Waals surface area contributed by atoms with E-state index in [2.05, 4.69) is 5.32 Å². The van der Waals surface area contributed by atoms with Gasteiger partial charge in [0.1, 0.15) is 5.69 Å². The van der Waals surface area contributed by atoms with E-state index in [0.717, 1.165) is 12.5 Å². The van der Waals surface area contributed by atoms with Crippen molar-refractivity contribution in [3.05, 3.63) is 33.9 Å². The molecule has 0 heterocycles. The van der Waals surface area contributed by atoms with Crippen LogP contribution in [0.5, 0.6) is 0 Å². The molecule has 3 N–H and O–H groups in total. The molecular formula is C13H18N4O4. The fraction of sp³-hybridized carbons (Fsp3) is 0.385. The molecule has 1 aromatic rings. The van der Waals surface area contributed by atoms with Crippen LogP contribution in [-0.2, 0) is 4.79 Å². The van der Waals surface area contributed by atoms with Gasteiger partial charge in [-0.2, -0.15) is 0 Å². The molecule has 0 aliphatic heterocycles. The maximum absolute atomic E-state index is 11.6. The van der Waals surface area contributed by atoms with Gasteiger partial charge in [-0.05, 0) is 18.6 Å². The van der Waals surface area contributed by atoms with E-state index in [1.54, 1.807) is 7.05 Å². The largest absolute Gasteiger partial charge is 0.366 e. The molecule has 0 spiro atoms. The highest BCUT2D eigenvalue weighted by Crippen LogP contribution is 2.28. The Morgan fingerprint density at radius 3 is 2.62 bits per heavy atom. The number of nitrogens with one attached hydrogen (secondary N) is 1. The number of hydrogen-bond donors (Lipinski definition) is 2. The lowest BCUT2D eigenvalue weighted by Gasteiger charge is -2.18. The standard InChI is InChI=1S/C13H18N4O4/c1-3-6-15-12(18)8-16(2)10-5-4-9(13(14)19)7-11(10)17(20)21/h4-5,7H,3,6,8H2,1-2H3,(H2,14,19)(H,15,18). The van der Waals surface area contributed by atoms with Crippen molar-refractivity contribution in [2.45, 2.75) is 13.3 Å². The number of amides is 2. The third-order valence-electron chi connectivity index (χ3n) is 2.82. The molecule has 0 atom stereocenters. The van der Waals surface area contributed by atoms with Gasteiger partial charge in [-0.25, -0.2) is 0 Å². The van der Waals surface area contributed by atoms with Crippen molar-refractivity contribution in [3.63, 3.8) is 0 Å². The van der Waals surface area contributed by atoms with Crippen LogP contribution in [0.15, 0.2) is 18.2 Å². The zero-order chi connectivity index (χ0) is 16.0. The van der Waals surface area contributed by atoms with Crippen molar-refractivity contribution in [1.29, 1.82) is 0 Å². The minimum atomic E-state index is -0.743. The molecule has 0 radical (unpaired) electrons. The van der Waals surface area contributed by atoms with E-state index in [1.165, 1.54) is 17.0 Å². The number of benzene rings is 1. The third-order valence-corrected chi connectivity index (χ3v) is 2.82. The summed E-state index contributed by atoms with van der Waals surface area (Å²) in [4.78, 5) is 34.6. The lowest BCUT2D eigenvalue weighted by molar-refractivity contribution is -0.384. The molecule has 0 aliphatic carbocycles. The summed E-state index contributed by atoms with van der Waals surface area (Å²) < 4.78 is 0. The van der Waals surface area contributed by atoms with Crippen LogP contribution in [-0.4, -0.2) is 36.9 Å². The lowest BCUT2D eigenvalue weighted by atomic mass is 10.1. The van der Waals surface area contributed by atoms with E-state index in [-0.39, 0.29) is 29.4 Å². The number of anilines is 1. The summed E-state index contributed by atoms with van der Waals surface area (Å²) in [6.45, 7) is 2.46. The summed E-state index contributed by atoms with van der Waals surface area (Å²) in [6, 6.07) is 3.91. The van der Waals surface area contributed by atoms with Crippen LogP contribution in [0.4, 0.5) is 11.4 Å². The normalized spacial score (nSPS) is 10.0. The zero-order valence-corrected chi connectivity index (χ0v) is 12.0. The summed E-state index contributed by atoms with van der Waals surface area (Å²) >= 11 is 0. The number of likely N-dealkylation sites (N-methyl/N-ethyl adjacent to an activating group) is 1. The quantitative estimate of drug-likeness (QED) is 0.565. The van der Waals surface area contributed by atoms with E-state index in [4.69, 9.17) is 5.73 Å². The molecule has 0 saturated carbocycles. The van der Waals surface area contributed by atoms with Gasteiger partial charge in [-0.15, -0.1) is 0 Å². The Bertz CT molecular complexity index is 559. The van der Waals surface area contributed by atoms with Gasteiger partial charge in [0.05, 0.1) is 11.5 Å². The molecule has 0 aromatic heterocycles. The predicted molar refractivity (Wildman–Crippen MR) is 78.2 cm³/mol. The van der Waals surface area contributed by atoms with E-state index in [9.17, 15) is 19.7 Å². The summed E-state index contributed by atoms with van der Waals surface area (Å²) in [5, 5.41) is 13.8. The highest BCUT2D eigenvalue weighted by Gasteiger charge is 2.20. The highest BCUT2D eigenvalue weighted by atomic mass is 16.6. The Hall–Kier alpha value is -2.64. The second-order valence-electron chi connectivity index (χ2n) is 4.53. The van der Waals surface area contributed by atoms with Crippen LogP contribution in [0.1, 0.15) is 23.7 Å². The van der Waals surface area contributed by atoms with Crippen LogP contribution in [0.2, 0.25) is 0 Å². The maximum Gasteiger partial charge on any atom is 0.293 e. The minimum absolute atomic E-state index is 0.0171. The molecule has 0 bridgehead atoms. The van der Waals surface area contributed by atoms with Gasteiger partial charge in [0.2, 0.25) is 11.8 Å².